The van der Waals surface area contributed by atoms with Crippen LogP contribution in [0.25, 0.3) is 0 Å². The molecule has 0 atom stereocenters. The van der Waals surface area contributed by atoms with Crippen LogP contribution in [0.3, 0.4) is 0 Å². The summed E-state index contributed by atoms with van der Waals surface area (Å²) in [7, 11) is 1.59. The van der Waals surface area contributed by atoms with Crippen molar-refractivity contribution >= 4 is 5.91 Å². The number of pyridine rings is 1. The lowest BCUT2D eigenvalue weighted by Gasteiger charge is -2.22. The van der Waals surface area contributed by atoms with E-state index in [-0.39, 0.29) is 11.5 Å². The Morgan fingerprint density at radius 3 is 2.71 bits per heavy atom. The number of H-pyrrole nitrogens is 1. The number of rotatable bonds is 3. The highest BCUT2D eigenvalue weighted by Gasteiger charge is 2.24. The highest BCUT2D eigenvalue weighted by molar-refractivity contribution is 5.96. The molecule has 1 N–H and O–H groups in total. The van der Waals surface area contributed by atoms with Gasteiger partial charge in [0.15, 0.2) is 0 Å². The second-order valence-electron chi connectivity index (χ2n) is 6.30. The minimum Gasteiger partial charge on any atom is -0.497 e. The van der Waals surface area contributed by atoms with Gasteiger partial charge >= 0.3 is 0 Å². The molecule has 0 radical (unpaired) electrons. The number of methoxy groups -OCH3 is 1. The van der Waals surface area contributed by atoms with E-state index in [2.05, 4.69) is 4.98 Å². The number of benzene rings is 1. The number of carbonyl (C=O) groups excluding carboxylic acids is 1. The Labute approximate surface area is 141 Å². The average molecular weight is 326 g/mol. The summed E-state index contributed by atoms with van der Waals surface area (Å²) in [4.78, 5) is 29.8. The van der Waals surface area contributed by atoms with Crippen LogP contribution in [0.15, 0.2) is 29.1 Å². The summed E-state index contributed by atoms with van der Waals surface area (Å²) in [6.07, 6.45) is 1.73. The third kappa shape index (κ3) is 3.07. The van der Waals surface area contributed by atoms with E-state index in [1.165, 1.54) is 0 Å². The number of amides is 1. The molecule has 1 amide bonds. The molecular weight excluding hydrogens is 304 g/mol. The van der Waals surface area contributed by atoms with Crippen LogP contribution in [-0.2, 0) is 13.0 Å². The molecule has 0 saturated heterocycles. The van der Waals surface area contributed by atoms with Crippen LogP contribution >= 0.6 is 0 Å². The molecule has 3 rings (SSSR count). The van der Waals surface area contributed by atoms with Gasteiger partial charge in [-0.15, -0.1) is 0 Å². The first-order valence-electron chi connectivity index (χ1n) is 8.15. The zero-order valence-electron chi connectivity index (χ0n) is 14.3. The fraction of sp³-hybridized carbons (Fsp3) is 0.368. The van der Waals surface area contributed by atoms with Crippen molar-refractivity contribution < 1.29 is 9.53 Å². The van der Waals surface area contributed by atoms with E-state index in [0.29, 0.717) is 30.0 Å². The highest BCUT2D eigenvalue weighted by atomic mass is 16.5. The fourth-order valence-electron chi connectivity index (χ4n) is 3.25. The topological polar surface area (TPSA) is 62.4 Å². The summed E-state index contributed by atoms with van der Waals surface area (Å²) >= 11 is 0. The van der Waals surface area contributed by atoms with E-state index < -0.39 is 0 Å². The third-order valence-corrected chi connectivity index (χ3v) is 4.55. The van der Waals surface area contributed by atoms with Gasteiger partial charge in [-0.3, -0.25) is 9.59 Å². The van der Waals surface area contributed by atoms with Gasteiger partial charge in [0, 0.05) is 23.4 Å². The van der Waals surface area contributed by atoms with Gasteiger partial charge in [-0.2, -0.15) is 0 Å². The monoisotopic (exact) mass is 326 g/mol. The van der Waals surface area contributed by atoms with Crippen molar-refractivity contribution in [3.05, 3.63) is 62.6 Å². The van der Waals surface area contributed by atoms with Crippen molar-refractivity contribution in [2.75, 3.05) is 13.7 Å². The Morgan fingerprint density at radius 1 is 1.21 bits per heavy atom. The molecule has 2 heterocycles. The number of aromatic nitrogens is 1. The molecule has 0 fully saturated rings. The van der Waals surface area contributed by atoms with Crippen molar-refractivity contribution in [1.82, 2.24) is 9.88 Å². The van der Waals surface area contributed by atoms with E-state index in [0.717, 1.165) is 29.7 Å². The van der Waals surface area contributed by atoms with Gasteiger partial charge in [0.25, 0.3) is 11.5 Å². The van der Waals surface area contributed by atoms with E-state index in [4.69, 9.17) is 4.74 Å². The third-order valence-electron chi connectivity index (χ3n) is 4.55. The largest absolute Gasteiger partial charge is 0.497 e. The Hall–Kier alpha value is -2.56. The number of ether oxygens (including phenoxy) is 1. The predicted octanol–water partition coefficient (Wildman–Crippen LogP) is 2.59. The van der Waals surface area contributed by atoms with Crippen molar-refractivity contribution in [3.8, 4) is 5.75 Å². The summed E-state index contributed by atoms with van der Waals surface area (Å²) in [5.41, 5.74) is 4.00. The molecule has 1 aliphatic heterocycles. The second kappa shape index (κ2) is 6.51. The SMILES string of the molecule is COc1ccc2c(c1)C(=O)N(Cc1c(C)cc(C)[nH]c1=O)CCC2. The minimum atomic E-state index is -0.115. The fourth-order valence-corrected chi connectivity index (χ4v) is 3.25. The van der Waals surface area contributed by atoms with Crippen LogP contribution in [0.2, 0.25) is 0 Å². The molecule has 5 nitrogen and oxygen atoms in total. The number of fused-ring (bicyclic) bond motifs is 1. The lowest BCUT2D eigenvalue weighted by molar-refractivity contribution is 0.0747. The van der Waals surface area contributed by atoms with Crippen LogP contribution in [0.1, 0.15) is 39.2 Å². The maximum Gasteiger partial charge on any atom is 0.254 e. The van der Waals surface area contributed by atoms with Gasteiger partial charge < -0.3 is 14.6 Å². The Morgan fingerprint density at radius 2 is 2.00 bits per heavy atom. The van der Waals surface area contributed by atoms with E-state index in [1.54, 1.807) is 18.1 Å². The molecular formula is C19H22N2O3. The first-order chi connectivity index (χ1) is 11.5. The molecule has 2 aromatic rings. The van der Waals surface area contributed by atoms with Gasteiger partial charge in [0.2, 0.25) is 0 Å². The van der Waals surface area contributed by atoms with Crippen LogP contribution in [0.5, 0.6) is 5.75 Å². The molecule has 5 heteroatoms. The Kier molecular flexibility index (Phi) is 4.42. The zero-order valence-corrected chi connectivity index (χ0v) is 14.3. The van der Waals surface area contributed by atoms with Crippen LogP contribution in [0, 0.1) is 13.8 Å². The normalized spacial score (nSPS) is 14.3. The second-order valence-corrected chi connectivity index (χ2v) is 6.30. The number of carbonyl (C=O) groups is 1. The molecule has 1 aromatic heterocycles. The molecule has 126 valence electrons. The summed E-state index contributed by atoms with van der Waals surface area (Å²) in [6, 6.07) is 7.58. The maximum absolute atomic E-state index is 13.0. The molecule has 0 aliphatic carbocycles. The van der Waals surface area contributed by atoms with Crippen molar-refractivity contribution in [2.24, 2.45) is 0 Å². The zero-order chi connectivity index (χ0) is 17.3. The predicted molar refractivity (Wildman–Crippen MR) is 92.6 cm³/mol. The summed E-state index contributed by atoms with van der Waals surface area (Å²) < 4.78 is 5.25. The summed E-state index contributed by atoms with van der Waals surface area (Å²) in [5, 5.41) is 0. The van der Waals surface area contributed by atoms with Crippen LogP contribution < -0.4 is 10.3 Å². The van der Waals surface area contributed by atoms with Gasteiger partial charge in [-0.25, -0.2) is 0 Å². The number of nitrogens with zero attached hydrogens (tertiary/aromatic N) is 1. The lowest BCUT2D eigenvalue weighted by Crippen LogP contribution is -2.33. The minimum absolute atomic E-state index is 0.0409. The molecule has 24 heavy (non-hydrogen) atoms. The van der Waals surface area contributed by atoms with Gasteiger partial charge in [-0.05, 0) is 56.0 Å². The first-order valence-corrected chi connectivity index (χ1v) is 8.15. The summed E-state index contributed by atoms with van der Waals surface area (Å²) in [5.74, 6) is 0.633. The molecule has 0 saturated carbocycles. The van der Waals surface area contributed by atoms with Crippen LogP contribution in [0.4, 0.5) is 0 Å². The van der Waals surface area contributed by atoms with Crippen molar-refractivity contribution in [3.63, 3.8) is 0 Å². The van der Waals surface area contributed by atoms with E-state index in [9.17, 15) is 9.59 Å². The molecule has 0 spiro atoms. The van der Waals surface area contributed by atoms with Crippen molar-refractivity contribution in [1.29, 1.82) is 0 Å². The first kappa shape index (κ1) is 16.3. The van der Waals surface area contributed by atoms with Crippen molar-refractivity contribution in [2.45, 2.75) is 33.2 Å². The number of aryl methyl sites for hydroxylation is 3. The number of hydrogen-bond acceptors (Lipinski definition) is 3. The Balaban J connectivity index is 1.95. The number of hydrogen-bond donors (Lipinski definition) is 1. The molecule has 0 bridgehead atoms. The molecule has 1 aromatic carbocycles. The smallest absolute Gasteiger partial charge is 0.254 e. The lowest BCUT2D eigenvalue weighted by atomic mass is 10.0. The standard InChI is InChI=1S/C19H22N2O3/c1-12-9-13(2)20-18(22)17(12)11-21-8-4-5-14-6-7-15(24-3)10-16(14)19(21)23/h6-7,9-10H,4-5,8,11H2,1-3H3,(H,20,22). The van der Waals surface area contributed by atoms with Gasteiger partial charge in [0.05, 0.1) is 13.7 Å². The highest BCUT2D eigenvalue weighted by Crippen LogP contribution is 2.24. The van der Waals surface area contributed by atoms with Gasteiger partial charge in [-0.1, -0.05) is 6.07 Å². The summed E-state index contributed by atoms with van der Waals surface area (Å²) in [6.45, 7) is 4.74. The quantitative estimate of drug-likeness (QED) is 0.943. The number of nitrogens with one attached hydrogen (secondary N) is 1. The van der Waals surface area contributed by atoms with E-state index >= 15 is 0 Å². The van der Waals surface area contributed by atoms with Gasteiger partial charge in [0.1, 0.15) is 5.75 Å². The molecule has 0 unspecified atom stereocenters. The maximum atomic E-state index is 13.0. The van der Waals surface area contributed by atoms with Crippen LogP contribution in [-0.4, -0.2) is 29.4 Å². The molecule has 1 aliphatic rings. The van der Waals surface area contributed by atoms with E-state index in [1.807, 2.05) is 32.0 Å². The Bertz CT molecular complexity index is 839. The number of aromatic amines is 1. The average Bonchev–Trinajstić information content (AvgIpc) is 2.70.